The summed E-state index contributed by atoms with van der Waals surface area (Å²) in [6, 6.07) is 0. The Kier molecular flexibility index (Phi) is 16.2. The molecule has 0 N–H and O–H groups in total. The highest BCUT2D eigenvalue weighted by atomic mass is 17.2. The summed E-state index contributed by atoms with van der Waals surface area (Å²) in [5.41, 5.74) is 0. The Bertz CT molecular complexity index is 540. The number of carbonyl (C=O) groups excluding carboxylic acids is 1. The Morgan fingerprint density at radius 2 is 1.55 bits per heavy atom. The molecule has 0 aliphatic carbocycles. The van der Waals surface area contributed by atoms with Crippen molar-refractivity contribution in [2.24, 2.45) is 0 Å². The standard InChI is InChI=1S/C26H44O5/c1-4-5-6-7-8-9-10-11-12-13-14-15-16-17-18-19-21-26(29-3)22-20-24(30-31-26)23-25(27)28-2/h4-7,20,22,24H,8-19,21,23H2,1-3H3/b5-4+,7-6+/t24?,26-/m1/s1. The first-order valence-corrected chi connectivity index (χ1v) is 12.1. The number of rotatable bonds is 18. The first kappa shape index (κ1) is 27.6. The third-order valence-electron chi connectivity index (χ3n) is 5.65. The maximum absolute atomic E-state index is 11.3. The highest BCUT2D eigenvalue weighted by molar-refractivity contribution is 5.70. The van der Waals surface area contributed by atoms with Crippen molar-refractivity contribution in [1.29, 1.82) is 0 Å². The lowest BCUT2D eigenvalue weighted by atomic mass is 10.0. The van der Waals surface area contributed by atoms with E-state index in [0.717, 1.165) is 19.3 Å². The molecule has 1 rings (SSSR count). The lowest BCUT2D eigenvalue weighted by Gasteiger charge is -2.32. The molecule has 1 unspecified atom stereocenters. The van der Waals surface area contributed by atoms with Gasteiger partial charge >= 0.3 is 5.97 Å². The van der Waals surface area contributed by atoms with Crippen molar-refractivity contribution in [3.8, 4) is 0 Å². The molecular formula is C26H44O5. The van der Waals surface area contributed by atoms with Gasteiger partial charge in [0.25, 0.3) is 0 Å². The summed E-state index contributed by atoms with van der Waals surface area (Å²) in [6.45, 7) is 2.05. The summed E-state index contributed by atoms with van der Waals surface area (Å²) in [7, 11) is 2.98. The van der Waals surface area contributed by atoms with Gasteiger partial charge in [0.2, 0.25) is 5.79 Å². The molecule has 2 atom stereocenters. The number of hydrogen-bond acceptors (Lipinski definition) is 5. The Hall–Kier alpha value is -1.43. The molecular weight excluding hydrogens is 392 g/mol. The zero-order chi connectivity index (χ0) is 22.6. The second kappa shape index (κ2) is 18.2. The van der Waals surface area contributed by atoms with Gasteiger partial charge in [-0.2, -0.15) is 4.89 Å². The topological polar surface area (TPSA) is 54.0 Å². The third-order valence-corrected chi connectivity index (χ3v) is 5.65. The molecule has 0 aromatic carbocycles. The van der Waals surface area contributed by atoms with Crippen LogP contribution in [0.3, 0.4) is 0 Å². The highest BCUT2D eigenvalue weighted by Gasteiger charge is 2.34. The zero-order valence-electron chi connectivity index (χ0n) is 20.0. The van der Waals surface area contributed by atoms with E-state index in [9.17, 15) is 4.79 Å². The molecule has 1 aliphatic rings. The van der Waals surface area contributed by atoms with Gasteiger partial charge in [-0.25, -0.2) is 4.89 Å². The van der Waals surface area contributed by atoms with Gasteiger partial charge in [-0.1, -0.05) is 88.2 Å². The van der Waals surface area contributed by atoms with E-state index in [2.05, 4.69) is 29.0 Å². The second-order valence-electron chi connectivity index (χ2n) is 8.26. The van der Waals surface area contributed by atoms with Gasteiger partial charge < -0.3 is 9.47 Å². The van der Waals surface area contributed by atoms with Crippen LogP contribution in [0.5, 0.6) is 0 Å². The first-order valence-electron chi connectivity index (χ1n) is 12.1. The number of esters is 1. The highest BCUT2D eigenvalue weighted by Crippen LogP contribution is 2.28. The quantitative estimate of drug-likeness (QED) is 0.0762. The first-order chi connectivity index (χ1) is 15.2. The van der Waals surface area contributed by atoms with E-state index in [1.54, 1.807) is 7.11 Å². The molecule has 0 fully saturated rings. The molecule has 178 valence electrons. The number of hydrogen-bond donors (Lipinski definition) is 0. The molecule has 1 heterocycles. The van der Waals surface area contributed by atoms with Crippen LogP contribution in [-0.2, 0) is 24.0 Å². The molecule has 0 radical (unpaired) electrons. The summed E-state index contributed by atoms with van der Waals surface area (Å²) < 4.78 is 10.2. The Balaban J connectivity index is 1.97. The largest absolute Gasteiger partial charge is 0.469 e. The number of allylic oxidation sites excluding steroid dienone is 4. The fourth-order valence-corrected chi connectivity index (χ4v) is 3.65. The fourth-order valence-electron chi connectivity index (χ4n) is 3.65. The van der Waals surface area contributed by atoms with Crippen molar-refractivity contribution in [2.45, 2.75) is 109 Å². The van der Waals surface area contributed by atoms with Gasteiger partial charge in [0, 0.05) is 13.5 Å². The maximum atomic E-state index is 11.3. The van der Waals surface area contributed by atoms with Crippen molar-refractivity contribution in [3.63, 3.8) is 0 Å². The minimum Gasteiger partial charge on any atom is -0.469 e. The average Bonchev–Trinajstić information content (AvgIpc) is 2.80. The molecule has 5 heteroatoms. The van der Waals surface area contributed by atoms with Gasteiger partial charge in [-0.3, -0.25) is 4.79 Å². The SMILES string of the molecule is C/C=C/C=C/CCCCCCCCCCCCC[C@]1(OC)C=CC(CC(=O)OC)OO1. The molecule has 0 saturated heterocycles. The molecule has 0 saturated carbocycles. The van der Waals surface area contributed by atoms with Gasteiger partial charge in [0.1, 0.15) is 6.10 Å². The van der Waals surface area contributed by atoms with E-state index in [4.69, 9.17) is 14.5 Å². The monoisotopic (exact) mass is 436 g/mol. The van der Waals surface area contributed by atoms with Crippen molar-refractivity contribution < 1.29 is 24.0 Å². The molecule has 0 amide bonds. The molecule has 0 aromatic heterocycles. The lowest BCUT2D eigenvalue weighted by molar-refractivity contribution is -0.428. The van der Waals surface area contributed by atoms with Crippen LogP contribution >= 0.6 is 0 Å². The summed E-state index contributed by atoms with van der Waals surface area (Å²) in [5.74, 6) is -1.16. The van der Waals surface area contributed by atoms with Crippen LogP contribution in [0.15, 0.2) is 36.5 Å². The Labute approximate surface area is 189 Å². The Morgan fingerprint density at radius 1 is 0.935 bits per heavy atom. The summed E-state index contributed by atoms with van der Waals surface area (Å²) in [5, 5.41) is 0. The zero-order valence-corrected chi connectivity index (χ0v) is 20.0. The van der Waals surface area contributed by atoms with E-state index in [-0.39, 0.29) is 12.4 Å². The number of methoxy groups -OCH3 is 2. The van der Waals surface area contributed by atoms with Crippen molar-refractivity contribution in [2.75, 3.05) is 14.2 Å². The molecule has 0 bridgehead atoms. The van der Waals surface area contributed by atoms with Gasteiger partial charge in [-0.05, 0) is 32.3 Å². The van der Waals surface area contributed by atoms with E-state index in [0.29, 0.717) is 0 Å². The number of carbonyl (C=O) groups is 1. The van der Waals surface area contributed by atoms with Gasteiger partial charge in [-0.15, -0.1) is 0 Å². The predicted octanol–water partition coefficient (Wildman–Crippen LogP) is 6.98. The predicted molar refractivity (Wildman–Crippen MR) is 125 cm³/mol. The van der Waals surface area contributed by atoms with E-state index < -0.39 is 11.9 Å². The van der Waals surface area contributed by atoms with E-state index in [1.807, 2.05) is 19.1 Å². The smallest absolute Gasteiger partial charge is 0.308 e. The van der Waals surface area contributed by atoms with Crippen LogP contribution in [0.4, 0.5) is 0 Å². The number of ether oxygens (including phenoxy) is 2. The minimum atomic E-state index is -0.838. The minimum absolute atomic E-state index is 0.140. The van der Waals surface area contributed by atoms with Crippen LogP contribution in [0, 0.1) is 0 Å². The lowest BCUT2D eigenvalue weighted by Crippen LogP contribution is -2.38. The summed E-state index contributed by atoms with van der Waals surface area (Å²) in [4.78, 5) is 22.1. The van der Waals surface area contributed by atoms with Gasteiger partial charge in [0.05, 0.1) is 13.5 Å². The van der Waals surface area contributed by atoms with Crippen LogP contribution < -0.4 is 0 Å². The number of unbranched alkanes of at least 4 members (excludes halogenated alkanes) is 11. The fraction of sp³-hybridized carbons (Fsp3) is 0.731. The van der Waals surface area contributed by atoms with Crippen LogP contribution in [0.1, 0.15) is 96.8 Å². The van der Waals surface area contributed by atoms with E-state index >= 15 is 0 Å². The van der Waals surface area contributed by atoms with Crippen molar-refractivity contribution in [1.82, 2.24) is 0 Å². The summed E-state index contributed by atoms with van der Waals surface area (Å²) >= 11 is 0. The second-order valence-corrected chi connectivity index (χ2v) is 8.26. The van der Waals surface area contributed by atoms with Gasteiger partial charge in [0.15, 0.2) is 0 Å². The molecule has 1 aliphatic heterocycles. The Morgan fingerprint density at radius 3 is 2.06 bits per heavy atom. The van der Waals surface area contributed by atoms with Crippen LogP contribution in [-0.4, -0.2) is 32.1 Å². The molecule has 5 nitrogen and oxygen atoms in total. The van der Waals surface area contributed by atoms with Crippen LogP contribution in [0.25, 0.3) is 0 Å². The maximum Gasteiger partial charge on any atom is 0.308 e. The molecule has 0 aromatic rings. The average molecular weight is 437 g/mol. The summed E-state index contributed by atoms with van der Waals surface area (Å²) in [6.07, 6.45) is 28.1. The van der Waals surface area contributed by atoms with Crippen molar-refractivity contribution >= 4 is 5.97 Å². The molecule has 0 spiro atoms. The van der Waals surface area contributed by atoms with E-state index in [1.165, 1.54) is 71.3 Å². The van der Waals surface area contributed by atoms with Crippen molar-refractivity contribution in [3.05, 3.63) is 36.5 Å². The van der Waals surface area contributed by atoms with Crippen LogP contribution in [0.2, 0.25) is 0 Å². The molecule has 31 heavy (non-hydrogen) atoms. The normalized spacial score (nSPS) is 21.3. The third kappa shape index (κ3) is 13.6.